The molecule has 0 spiro atoms. The molecule has 0 amide bonds. The summed E-state index contributed by atoms with van der Waals surface area (Å²) >= 11 is 0. The van der Waals surface area contributed by atoms with E-state index in [1.807, 2.05) is 12.1 Å². The van der Waals surface area contributed by atoms with Gasteiger partial charge >= 0.3 is 0 Å². The lowest BCUT2D eigenvalue weighted by Gasteiger charge is -2.31. The minimum Gasteiger partial charge on any atom is -0.399 e. The van der Waals surface area contributed by atoms with Crippen molar-refractivity contribution >= 4 is 11.4 Å². The second kappa shape index (κ2) is 11.3. The topological polar surface area (TPSA) is 41.3 Å². The van der Waals surface area contributed by atoms with Crippen LogP contribution in [0.4, 0.5) is 11.4 Å². The summed E-state index contributed by atoms with van der Waals surface area (Å²) in [5.41, 5.74) is 7.95. The van der Waals surface area contributed by atoms with Crippen molar-refractivity contribution in [3.8, 4) is 0 Å². The molecular weight excluding hydrogens is 282 g/mol. The van der Waals surface area contributed by atoms with Crippen molar-refractivity contribution in [1.82, 2.24) is 5.32 Å². The molecule has 1 aromatic rings. The van der Waals surface area contributed by atoms with Gasteiger partial charge in [0, 0.05) is 30.0 Å². The molecular formula is C20H37N3. The number of unbranched alkanes of at least 4 members (excludes halogenated alkanes) is 3. The van der Waals surface area contributed by atoms with Gasteiger partial charge in [0.1, 0.15) is 0 Å². The third kappa shape index (κ3) is 7.74. The van der Waals surface area contributed by atoms with Gasteiger partial charge in [0.25, 0.3) is 0 Å². The number of nitrogens with two attached hydrogens (primary N) is 1. The van der Waals surface area contributed by atoms with Crippen molar-refractivity contribution in [1.29, 1.82) is 0 Å². The van der Waals surface area contributed by atoms with E-state index in [9.17, 15) is 0 Å². The highest BCUT2D eigenvalue weighted by molar-refractivity contribution is 5.53. The minimum absolute atomic E-state index is 0.575. The molecule has 0 aliphatic rings. The molecule has 1 aromatic carbocycles. The predicted molar refractivity (Wildman–Crippen MR) is 104 cm³/mol. The zero-order chi connectivity index (χ0) is 17.1. The molecule has 0 heterocycles. The highest BCUT2D eigenvalue weighted by Gasteiger charge is 2.12. The van der Waals surface area contributed by atoms with Gasteiger partial charge in [-0.3, -0.25) is 0 Å². The van der Waals surface area contributed by atoms with Gasteiger partial charge in [-0.1, -0.05) is 26.7 Å². The molecule has 0 aliphatic carbocycles. The van der Waals surface area contributed by atoms with Gasteiger partial charge in [-0.05, 0) is 70.3 Å². The molecule has 3 nitrogen and oxygen atoms in total. The quantitative estimate of drug-likeness (QED) is 0.428. The van der Waals surface area contributed by atoms with Crippen molar-refractivity contribution in [3.63, 3.8) is 0 Å². The fraction of sp³-hybridized carbons (Fsp3) is 0.700. The van der Waals surface area contributed by atoms with Crippen LogP contribution < -0.4 is 16.0 Å². The summed E-state index contributed by atoms with van der Waals surface area (Å²) < 4.78 is 0. The number of anilines is 2. The lowest BCUT2D eigenvalue weighted by atomic mass is 10.1. The number of nitrogens with zero attached hydrogens (tertiary/aromatic N) is 1. The van der Waals surface area contributed by atoms with Gasteiger partial charge < -0.3 is 16.0 Å². The zero-order valence-corrected chi connectivity index (χ0v) is 15.6. The van der Waals surface area contributed by atoms with Crippen molar-refractivity contribution in [2.24, 2.45) is 0 Å². The van der Waals surface area contributed by atoms with Crippen LogP contribution in [0, 0.1) is 0 Å². The Kier molecular flexibility index (Phi) is 9.77. The van der Waals surface area contributed by atoms with Crippen LogP contribution in [0.5, 0.6) is 0 Å². The molecule has 0 aromatic heterocycles. The molecule has 0 radical (unpaired) electrons. The second-order valence-corrected chi connectivity index (χ2v) is 6.72. The van der Waals surface area contributed by atoms with Crippen LogP contribution in [-0.2, 0) is 0 Å². The molecule has 2 unspecified atom stereocenters. The van der Waals surface area contributed by atoms with Crippen LogP contribution in [0.2, 0.25) is 0 Å². The number of nitrogens with one attached hydrogen (secondary N) is 1. The number of nitrogen functional groups attached to an aromatic ring is 1. The summed E-state index contributed by atoms with van der Waals surface area (Å²) in [4.78, 5) is 2.52. The Morgan fingerprint density at radius 1 is 0.957 bits per heavy atom. The SMILES string of the molecule is CCC(C)NCCCCCCN(c1ccc(N)cc1)C(C)CC. The highest BCUT2D eigenvalue weighted by atomic mass is 15.2. The maximum Gasteiger partial charge on any atom is 0.0370 e. The van der Waals surface area contributed by atoms with Crippen LogP contribution in [-0.4, -0.2) is 25.2 Å². The first kappa shape index (κ1) is 19.8. The Bertz CT molecular complexity index is 402. The average Bonchev–Trinajstić information content (AvgIpc) is 2.57. The maximum atomic E-state index is 5.81. The average molecular weight is 320 g/mol. The van der Waals surface area contributed by atoms with Gasteiger partial charge in [0.05, 0.1) is 0 Å². The molecule has 23 heavy (non-hydrogen) atoms. The fourth-order valence-corrected chi connectivity index (χ4v) is 2.74. The predicted octanol–water partition coefficient (Wildman–Crippen LogP) is 4.82. The monoisotopic (exact) mass is 319 g/mol. The van der Waals surface area contributed by atoms with E-state index in [-0.39, 0.29) is 0 Å². The molecule has 1 rings (SSSR count). The first-order valence-corrected chi connectivity index (χ1v) is 9.44. The van der Waals surface area contributed by atoms with E-state index >= 15 is 0 Å². The minimum atomic E-state index is 0.575. The molecule has 3 heteroatoms. The smallest absolute Gasteiger partial charge is 0.0370 e. The molecule has 0 aliphatic heterocycles. The Morgan fingerprint density at radius 2 is 1.61 bits per heavy atom. The summed E-state index contributed by atoms with van der Waals surface area (Å²) in [5, 5.41) is 3.57. The standard InChI is InChI=1S/C20H37N3/c1-5-17(3)22-15-9-7-8-10-16-23(18(4)6-2)20-13-11-19(21)12-14-20/h11-14,17-18,22H,5-10,15-16,21H2,1-4H3. The van der Waals surface area contributed by atoms with Gasteiger partial charge in [-0.2, -0.15) is 0 Å². The number of hydrogen-bond acceptors (Lipinski definition) is 3. The molecule has 0 fully saturated rings. The van der Waals surface area contributed by atoms with E-state index in [1.54, 1.807) is 0 Å². The summed E-state index contributed by atoms with van der Waals surface area (Å²) in [6.07, 6.45) is 7.56. The van der Waals surface area contributed by atoms with Crippen molar-refractivity contribution < 1.29 is 0 Å². The molecule has 0 saturated carbocycles. The van der Waals surface area contributed by atoms with Crippen molar-refractivity contribution in [2.45, 2.75) is 78.3 Å². The number of benzene rings is 1. The normalized spacial score (nSPS) is 13.7. The molecule has 0 bridgehead atoms. The van der Waals surface area contributed by atoms with Crippen LogP contribution in [0.25, 0.3) is 0 Å². The van der Waals surface area contributed by atoms with Crippen molar-refractivity contribution in [2.75, 3.05) is 23.7 Å². The summed E-state index contributed by atoms with van der Waals surface area (Å²) in [6.45, 7) is 11.4. The lowest BCUT2D eigenvalue weighted by Crippen LogP contribution is -2.33. The first-order chi connectivity index (χ1) is 11.1. The van der Waals surface area contributed by atoms with Crippen LogP contribution in [0.1, 0.15) is 66.2 Å². The molecule has 3 N–H and O–H groups in total. The Morgan fingerprint density at radius 3 is 2.22 bits per heavy atom. The molecule has 2 atom stereocenters. The molecule has 132 valence electrons. The summed E-state index contributed by atoms with van der Waals surface area (Å²) in [7, 11) is 0. The van der Waals surface area contributed by atoms with Crippen molar-refractivity contribution in [3.05, 3.63) is 24.3 Å². The third-order valence-electron chi connectivity index (χ3n) is 4.78. The van der Waals surface area contributed by atoms with E-state index in [2.05, 4.69) is 50.0 Å². The molecule has 0 saturated heterocycles. The Hall–Kier alpha value is -1.22. The van der Waals surface area contributed by atoms with E-state index < -0.39 is 0 Å². The van der Waals surface area contributed by atoms with Crippen LogP contribution in [0.15, 0.2) is 24.3 Å². The van der Waals surface area contributed by atoms with Gasteiger partial charge in [0.15, 0.2) is 0 Å². The summed E-state index contributed by atoms with van der Waals surface area (Å²) in [5.74, 6) is 0. The van der Waals surface area contributed by atoms with Gasteiger partial charge in [-0.25, -0.2) is 0 Å². The van der Waals surface area contributed by atoms with Crippen LogP contribution in [0.3, 0.4) is 0 Å². The van der Waals surface area contributed by atoms with E-state index in [4.69, 9.17) is 5.73 Å². The van der Waals surface area contributed by atoms with Gasteiger partial charge in [-0.15, -0.1) is 0 Å². The Labute approximate surface area is 143 Å². The zero-order valence-electron chi connectivity index (χ0n) is 15.6. The van der Waals surface area contributed by atoms with E-state index in [1.165, 1.54) is 44.2 Å². The lowest BCUT2D eigenvalue weighted by molar-refractivity contribution is 0.503. The number of hydrogen-bond donors (Lipinski definition) is 2. The van der Waals surface area contributed by atoms with E-state index in [0.29, 0.717) is 12.1 Å². The largest absolute Gasteiger partial charge is 0.399 e. The third-order valence-corrected chi connectivity index (χ3v) is 4.78. The Balaban J connectivity index is 2.31. The summed E-state index contributed by atoms with van der Waals surface area (Å²) in [6, 6.07) is 9.54. The van der Waals surface area contributed by atoms with E-state index in [0.717, 1.165) is 18.8 Å². The number of rotatable bonds is 12. The first-order valence-electron chi connectivity index (χ1n) is 9.44. The maximum absolute atomic E-state index is 5.81. The van der Waals surface area contributed by atoms with Gasteiger partial charge in [0.2, 0.25) is 0 Å². The second-order valence-electron chi connectivity index (χ2n) is 6.72. The van der Waals surface area contributed by atoms with Crippen LogP contribution >= 0.6 is 0 Å². The highest BCUT2D eigenvalue weighted by Crippen LogP contribution is 2.21. The fourth-order valence-electron chi connectivity index (χ4n) is 2.74.